The smallest absolute Gasteiger partial charge is 0.479 e. The molecule has 232 valence electrons. The molecule has 0 aliphatic carbocycles. The number of aldehydes is 1. The van der Waals surface area contributed by atoms with Crippen molar-refractivity contribution in [2.45, 2.75) is 49.0 Å². The fourth-order valence-corrected chi connectivity index (χ4v) is 4.77. The van der Waals surface area contributed by atoms with Crippen LogP contribution in [0.25, 0.3) is 11.2 Å². The van der Waals surface area contributed by atoms with Crippen LogP contribution in [0, 0.1) is 0 Å². The van der Waals surface area contributed by atoms with E-state index in [4.69, 9.17) is 45.8 Å². The third kappa shape index (κ3) is 8.88. The molecule has 23 nitrogen and oxygen atoms in total. The molecule has 13 N–H and O–H groups in total. The normalized spacial score (nSPS) is 25.4. The van der Waals surface area contributed by atoms with Gasteiger partial charge in [0.1, 0.15) is 36.6 Å². The number of nitrogens with zero attached hydrogens (tertiary/aromatic N) is 3. The van der Waals surface area contributed by atoms with E-state index in [9.17, 15) is 38.6 Å². The quantitative estimate of drug-likeness (QED) is 0.0806. The number of aliphatic carboxylic acids is 1. The molecule has 0 saturated carbocycles. The summed E-state index contributed by atoms with van der Waals surface area (Å²) < 4.78 is 36.6. The van der Waals surface area contributed by atoms with Crippen LogP contribution < -0.4 is 11.3 Å². The van der Waals surface area contributed by atoms with Gasteiger partial charge in [-0.3, -0.25) is 18.9 Å². The molecule has 2 aromatic rings. The number of rotatable bonds is 11. The molecule has 1 aliphatic rings. The first-order valence-electron chi connectivity index (χ1n) is 10.7. The molecule has 25 heteroatoms. The largest absolute Gasteiger partial charge is 0.481 e. The van der Waals surface area contributed by atoms with Crippen molar-refractivity contribution >= 4 is 45.0 Å². The van der Waals surface area contributed by atoms with E-state index >= 15 is 0 Å². The molecule has 1 fully saturated rings. The summed E-state index contributed by atoms with van der Waals surface area (Å²) >= 11 is 0. The summed E-state index contributed by atoms with van der Waals surface area (Å²) in [4.78, 5) is 68.0. The Bertz CT molecular complexity index is 1380. The molecule has 41 heavy (non-hydrogen) atoms. The van der Waals surface area contributed by atoms with Crippen molar-refractivity contribution < 1.29 is 82.7 Å². The van der Waals surface area contributed by atoms with Crippen LogP contribution in [-0.2, 0) is 32.3 Å². The fourth-order valence-electron chi connectivity index (χ4n) is 3.17. The molecule has 0 amide bonds. The van der Waals surface area contributed by atoms with Crippen LogP contribution >= 0.6 is 15.6 Å². The minimum absolute atomic E-state index is 0.0586. The number of carboxylic acid groups (broad SMARTS) is 1. The second kappa shape index (κ2) is 13.5. The first-order valence-corrected chi connectivity index (χ1v) is 13.7. The number of aliphatic hydroxyl groups is 6. The lowest BCUT2D eigenvalue weighted by atomic mass is 10.0. The predicted molar refractivity (Wildman–Crippen MR) is 125 cm³/mol. The molecule has 1 aliphatic heterocycles. The van der Waals surface area contributed by atoms with Gasteiger partial charge in [0.05, 0.1) is 12.9 Å². The zero-order chi connectivity index (χ0) is 31.4. The number of anilines is 1. The van der Waals surface area contributed by atoms with Crippen LogP contribution in [-0.4, -0.2) is 132 Å². The van der Waals surface area contributed by atoms with Gasteiger partial charge in [-0.15, -0.1) is 0 Å². The van der Waals surface area contributed by atoms with Crippen molar-refractivity contribution in [3.05, 3.63) is 16.7 Å². The number of ether oxygens (including phenoxy) is 1. The van der Waals surface area contributed by atoms with Crippen molar-refractivity contribution in [1.82, 2.24) is 19.5 Å². The molecule has 2 aromatic heterocycles. The predicted octanol–water partition coefficient (Wildman–Crippen LogP) is -5.74. The number of carbonyl (C=O) groups excluding carboxylic acids is 1. The van der Waals surface area contributed by atoms with Crippen LogP contribution in [0.1, 0.15) is 6.23 Å². The SMILES string of the molecule is Nc1nc2c(ncn2[C@@H]2O[C@H](COP(=O)(O)OP(=O)(O)O)[C@@H](O)[C@H]2O)c(=O)[nH]1.O=CC(O)C(O)C(O)C(O)C(=O)O. The minimum Gasteiger partial charge on any atom is -0.479 e. The Balaban J connectivity index is 0.000000383. The van der Waals surface area contributed by atoms with Gasteiger partial charge >= 0.3 is 21.6 Å². The molecule has 3 rings (SSSR count). The highest BCUT2D eigenvalue weighted by Crippen LogP contribution is 2.57. The number of nitrogens with two attached hydrogens (primary N) is 1. The number of H-pyrrole nitrogens is 1. The third-order valence-corrected chi connectivity index (χ3v) is 7.24. The molecular formula is C16H25N5O18P2. The van der Waals surface area contributed by atoms with Gasteiger partial charge in [-0.2, -0.15) is 9.29 Å². The highest BCUT2D eigenvalue weighted by atomic mass is 31.3. The summed E-state index contributed by atoms with van der Waals surface area (Å²) in [6.45, 7) is -0.870. The number of nitrogens with one attached hydrogen (secondary N) is 1. The first kappa shape index (κ1) is 34.5. The standard InChI is InChI=1S/C10H15N5O11P2.C6H10O7/c11-10-13-7-4(8(18)14-10)12-2-15(7)9-6(17)5(16)3(25-9)1-24-28(22,23)26-27(19,20)21;7-1-2(8)3(9)4(10)5(11)6(12)13/h2-3,5-6,9,16-17H,1H2,(H,22,23)(H2,19,20,21)(H3,11,13,14,18);1-5,8-11H,(H,12,13)/t3-,5-,6-,9-;/m1./s1. The Morgan fingerprint density at radius 1 is 1.17 bits per heavy atom. The van der Waals surface area contributed by atoms with E-state index in [0.29, 0.717) is 0 Å². The number of carbonyl (C=O) groups is 2. The number of phosphoric ester groups is 1. The summed E-state index contributed by atoms with van der Waals surface area (Å²) in [5.41, 5.74) is 4.65. The maximum atomic E-state index is 11.8. The highest BCUT2D eigenvalue weighted by Gasteiger charge is 2.46. The topological polar surface area (TPSA) is 388 Å². The lowest BCUT2D eigenvalue weighted by Gasteiger charge is -2.21. The molecule has 9 atom stereocenters. The molecule has 5 unspecified atom stereocenters. The fraction of sp³-hybridized carbons (Fsp3) is 0.562. The van der Waals surface area contributed by atoms with Gasteiger partial charge in [-0.05, 0) is 0 Å². The third-order valence-electron chi connectivity index (χ3n) is 5.09. The molecule has 3 heterocycles. The van der Waals surface area contributed by atoms with Gasteiger partial charge in [0.2, 0.25) is 5.95 Å². The second-order valence-electron chi connectivity index (χ2n) is 8.05. The van der Waals surface area contributed by atoms with Gasteiger partial charge in [0.25, 0.3) is 5.56 Å². The maximum Gasteiger partial charge on any atom is 0.481 e. The summed E-state index contributed by atoms with van der Waals surface area (Å²) in [5.74, 6) is -1.99. The number of fused-ring (bicyclic) bond motifs is 1. The van der Waals surface area contributed by atoms with E-state index in [1.54, 1.807) is 0 Å². The summed E-state index contributed by atoms with van der Waals surface area (Å²) in [5, 5.41) is 63.5. The van der Waals surface area contributed by atoms with Crippen LogP contribution in [0.4, 0.5) is 5.95 Å². The number of carboxylic acids is 1. The molecule has 0 spiro atoms. The lowest BCUT2D eigenvalue weighted by molar-refractivity contribution is -0.163. The minimum atomic E-state index is -5.32. The van der Waals surface area contributed by atoms with Crippen molar-refractivity contribution in [3.8, 4) is 0 Å². The maximum absolute atomic E-state index is 11.8. The van der Waals surface area contributed by atoms with E-state index < -0.39 is 82.7 Å². The zero-order valence-corrected chi connectivity index (χ0v) is 21.8. The molecule has 0 radical (unpaired) electrons. The number of aromatic nitrogens is 4. The monoisotopic (exact) mass is 637 g/mol. The van der Waals surface area contributed by atoms with Crippen LogP contribution in [0.15, 0.2) is 11.1 Å². The molecule has 0 aromatic carbocycles. The van der Waals surface area contributed by atoms with Gasteiger partial charge in [-0.1, -0.05) is 0 Å². The number of imidazole rings is 1. The van der Waals surface area contributed by atoms with Gasteiger partial charge in [0.15, 0.2) is 29.8 Å². The second-order valence-corrected chi connectivity index (χ2v) is 10.9. The number of hydrogen-bond acceptors (Lipinski definition) is 17. The van der Waals surface area contributed by atoms with Gasteiger partial charge in [0, 0.05) is 0 Å². The van der Waals surface area contributed by atoms with Crippen LogP contribution in [0.3, 0.4) is 0 Å². The van der Waals surface area contributed by atoms with Crippen LogP contribution in [0.2, 0.25) is 0 Å². The molecule has 0 bridgehead atoms. The molecule has 1 saturated heterocycles. The average molecular weight is 637 g/mol. The summed E-state index contributed by atoms with van der Waals surface area (Å²) in [7, 11) is -10.5. The Labute approximate surface area is 225 Å². The number of aromatic amines is 1. The van der Waals surface area contributed by atoms with Crippen LogP contribution in [0.5, 0.6) is 0 Å². The van der Waals surface area contributed by atoms with Gasteiger partial charge in [-0.25, -0.2) is 18.9 Å². The molecular weight excluding hydrogens is 612 g/mol. The number of aliphatic hydroxyl groups excluding tert-OH is 6. The number of phosphoric acid groups is 2. The first-order chi connectivity index (χ1) is 18.8. The van der Waals surface area contributed by atoms with Crippen molar-refractivity contribution in [3.63, 3.8) is 0 Å². The number of hydrogen-bond donors (Lipinski definition) is 12. The van der Waals surface area contributed by atoms with E-state index in [1.807, 2.05) is 0 Å². The van der Waals surface area contributed by atoms with E-state index in [2.05, 4.69) is 23.8 Å². The lowest BCUT2D eigenvalue weighted by Crippen LogP contribution is -2.48. The van der Waals surface area contributed by atoms with E-state index in [0.717, 1.165) is 10.9 Å². The Morgan fingerprint density at radius 3 is 2.32 bits per heavy atom. The Morgan fingerprint density at radius 2 is 1.78 bits per heavy atom. The van der Waals surface area contributed by atoms with Crippen molar-refractivity contribution in [1.29, 1.82) is 0 Å². The summed E-state index contributed by atoms with van der Waals surface area (Å²) in [6, 6.07) is 0. The highest BCUT2D eigenvalue weighted by molar-refractivity contribution is 7.60. The van der Waals surface area contributed by atoms with Crippen molar-refractivity contribution in [2.24, 2.45) is 0 Å². The average Bonchev–Trinajstić information content (AvgIpc) is 3.40. The van der Waals surface area contributed by atoms with E-state index in [-0.39, 0.29) is 23.4 Å². The Kier molecular flexibility index (Phi) is 11.3. The van der Waals surface area contributed by atoms with E-state index in [1.165, 1.54) is 0 Å². The van der Waals surface area contributed by atoms with Crippen molar-refractivity contribution in [2.75, 3.05) is 12.3 Å². The van der Waals surface area contributed by atoms with Gasteiger partial charge < -0.3 is 65.7 Å². The number of nitrogen functional groups attached to an aromatic ring is 1. The zero-order valence-electron chi connectivity index (χ0n) is 20.0. The Hall–Kier alpha value is -2.73. The summed E-state index contributed by atoms with van der Waals surface area (Å²) in [6.07, 6.45) is -13.3.